The summed E-state index contributed by atoms with van der Waals surface area (Å²) < 4.78 is 0. The van der Waals surface area contributed by atoms with Crippen molar-refractivity contribution in [1.82, 2.24) is 15.3 Å². The van der Waals surface area contributed by atoms with E-state index < -0.39 is 0 Å². The summed E-state index contributed by atoms with van der Waals surface area (Å²) in [6.07, 6.45) is 3.88. The second-order valence-corrected chi connectivity index (χ2v) is 6.55. The lowest BCUT2D eigenvalue weighted by Gasteiger charge is -2.49. The summed E-state index contributed by atoms with van der Waals surface area (Å²) in [6.45, 7) is 10.0. The Morgan fingerprint density at radius 2 is 1.83 bits per heavy atom. The van der Waals surface area contributed by atoms with E-state index in [2.05, 4.69) is 36.2 Å². The van der Waals surface area contributed by atoms with Crippen molar-refractivity contribution in [1.29, 1.82) is 0 Å². The van der Waals surface area contributed by atoms with Crippen molar-refractivity contribution in [3.05, 3.63) is 0 Å². The minimum atomic E-state index is 0.133. The summed E-state index contributed by atoms with van der Waals surface area (Å²) >= 11 is 0. The quantitative estimate of drug-likeness (QED) is 0.785. The van der Waals surface area contributed by atoms with Crippen LogP contribution in [0.4, 0.5) is 0 Å². The number of nitrogens with zero attached hydrogens (tertiary/aromatic N) is 2. The van der Waals surface area contributed by atoms with E-state index in [-0.39, 0.29) is 5.54 Å². The van der Waals surface area contributed by atoms with Gasteiger partial charge in [0, 0.05) is 38.3 Å². The normalized spacial score (nSPS) is 40.0. The number of nitrogens with one attached hydrogen (secondary N) is 1. The summed E-state index contributed by atoms with van der Waals surface area (Å²) in [5, 5.41) is 2.40. The molecule has 4 nitrogen and oxygen atoms in total. The van der Waals surface area contributed by atoms with Crippen molar-refractivity contribution in [2.24, 2.45) is 17.6 Å². The molecule has 4 heteroatoms. The van der Waals surface area contributed by atoms with E-state index in [1.54, 1.807) is 0 Å². The van der Waals surface area contributed by atoms with Gasteiger partial charge >= 0.3 is 0 Å². The Kier molecular flexibility index (Phi) is 4.64. The number of likely N-dealkylation sites (N-methyl/N-ethyl adjacent to an activating group) is 1. The molecule has 106 valence electrons. The minimum Gasteiger partial charge on any atom is -0.329 e. The predicted octanol–water partition coefficient (Wildman–Crippen LogP) is 0.892. The number of hydrazine groups is 1. The fourth-order valence-electron chi connectivity index (χ4n) is 3.46. The van der Waals surface area contributed by atoms with Crippen LogP contribution in [-0.4, -0.2) is 55.2 Å². The van der Waals surface area contributed by atoms with Gasteiger partial charge in [0.2, 0.25) is 0 Å². The zero-order valence-electron chi connectivity index (χ0n) is 12.3. The van der Waals surface area contributed by atoms with E-state index in [0.717, 1.165) is 38.6 Å². The molecule has 0 spiro atoms. The van der Waals surface area contributed by atoms with Crippen molar-refractivity contribution < 1.29 is 0 Å². The Bertz CT molecular complexity index is 263. The monoisotopic (exact) mass is 254 g/mol. The molecule has 1 aliphatic carbocycles. The SMILES string of the molecule is CC1CCC(C)C(CN)(NN2CCN(C)CC2)C1. The highest BCUT2D eigenvalue weighted by molar-refractivity contribution is 4.97. The second-order valence-electron chi connectivity index (χ2n) is 6.55. The molecule has 3 unspecified atom stereocenters. The van der Waals surface area contributed by atoms with Crippen LogP contribution in [0.5, 0.6) is 0 Å². The molecular formula is C14H30N4. The third kappa shape index (κ3) is 3.05. The van der Waals surface area contributed by atoms with E-state index in [0.29, 0.717) is 5.92 Å². The van der Waals surface area contributed by atoms with Crippen LogP contribution in [0.15, 0.2) is 0 Å². The topological polar surface area (TPSA) is 44.5 Å². The van der Waals surface area contributed by atoms with Crippen molar-refractivity contribution in [2.45, 2.75) is 38.6 Å². The lowest BCUT2D eigenvalue weighted by molar-refractivity contribution is 0.00514. The highest BCUT2D eigenvalue weighted by Gasteiger charge is 2.40. The minimum absolute atomic E-state index is 0.133. The number of rotatable bonds is 3. The van der Waals surface area contributed by atoms with Gasteiger partial charge in [0.05, 0.1) is 0 Å². The largest absolute Gasteiger partial charge is 0.329 e. The molecule has 2 aliphatic rings. The molecule has 3 atom stereocenters. The molecule has 0 aromatic rings. The van der Waals surface area contributed by atoms with Gasteiger partial charge < -0.3 is 10.6 Å². The van der Waals surface area contributed by atoms with E-state index in [1.807, 2.05) is 0 Å². The van der Waals surface area contributed by atoms with E-state index in [4.69, 9.17) is 5.73 Å². The Hall–Kier alpha value is -0.160. The van der Waals surface area contributed by atoms with Gasteiger partial charge in [-0.2, -0.15) is 0 Å². The van der Waals surface area contributed by atoms with Gasteiger partial charge in [-0.1, -0.05) is 20.3 Å². The molecule has 2 fully saturated rings. The van der Waals surface area contributed by atoms with Crippen molar-refractivity contribution >= 4 is 0 Å². The Balaban J connectivity index is 1.98. The summed E-state index contributed by atoms with van der Waals surface area (Å²) in [4.78, 5) is 2.39. The highest BCUT2D eigenvalue weighted by Crippen LogP contribution is 2.36. The van der Waals surface area contributed by atoms with Crippen LogP contribution >= 0.6 is 0 Å². The van der Waals surface area contributed by atoms with Gasteiger partial charge in [-0.15, -0.1) is 0 Å². The molecule has 0 bridgehead atoms. The third-order valence-corrected chi connectivity index (χ3v) is 5.00. The molecule has 3 N–H and O–H groups in total. The average Bonchev–Trinajstić information content (AvgIpc) is 2.37. The molecule has 1 saturated heterocycles. The fourth-order valence-corrected chi connectivity index (χ4v) is 3.46. The molecule has 1 aliphatic heterocycles. The number of hydrogen-bond donors (Lipinski definition) is 2. The smallest absolute Gasteiger partial charge is 0.0476 e. The number of nitrogens with two attached hydrogens (primary N) is 1. The molecule has 1 heterocycles. The van der Waals surface area contributed by atoms with Crippen LogP contribution in [0.2, 0.25) is 0 Å². The fraction of sp³-hybridized carbons (Fsp3) is 1.00. The van der Waals surface area contributed by atoms with E-state index in [1.165, 1.54) is 19.3 Å². The van der Waals surface area contributed by atoms with Crippen molar-refractivity contribution in [3.8, 4) is 0 Å². The lowest BCUT2D eigenvalue weighted by atomic mass is 9.70. The molecule has 2 rings (SSSR count). The molecule has 0 radical (unpaired) electrons. The van der Waals surface area contributed by atoms with Crippen LogP contribution in [0, 0.1) is 11.8 Å². The van der Waals surface area contributed by atoms with Gasteiger partial charge in [0.25, 0.3) is 0 Å². The second kappa shape index (κ2) is 5.87. The standard InChI is InChI=1S/C14H30N4/c1-12-4-5-13(2)14(10-12,11-15)16-18-8-6-17(3)7-9-18/h12-13,16H,4-11,15H2,1-3H3. The van der Waals surface area contributed by atoms with Crippen molar-refractivity contribution in [2.75, 3.05) is 39.8 Å². The predicted molar refractivity (Wildman–Crippen MR) is 76.2 cm³/mol. The number of hydrogen-bond acceptors (Lipinski definition) is 4. The van der Waals surface area contributed by atoms with Gasteiger partial charge in [-0.05, 0) is 31.7 Å². The van der Waals surface area contributed by atoms with Crippen molar-refractivity contribution in [3.63, 3.8) is 0 Å². The molecule has 0 aromatic carbocycles. The summed E-state index contributed by atoms with van der Waals surface area (Å²) in [5.74, 6) is 1.48. The Labute approximate surface area is 112 Å². The van der Waals surface area contributed by atoms with Crippen LogP contribution < -0.4 is 11.2 Å². The first-order valence-electron chi connectivity index (χ1n) is 7.47. The first-order chi connectivity index (χ1) is 8.55. The van der Waals surface area contributed by atoms with Gasteiger partial charge in [0.1, 0.15) is 0 Å². The molecular weight excluding hydrogens is 224 g/mol. The zero-order valence-corrected chi connectivity index (χ0v) is 12.3. The number of piperazine rings is 1. The van der Waals surface area contributed by atoms with Gasteiger partial charge in [-0.25, -0.2) is 10.4 Å². The molecule has 18 heavy (non-hydrogen) atoms. The molecule has 0 aromatic heterocycles. The first-order valence-corrected chi connectivity index (χ1v) is 7.47. The van der Waals surface area contributed by atoms with E-state index >= 15 is 0 Å². The van der Waals surface area contributed by atoms with Crippen LogP contribution in [0.3, 0.4) is 0 Å². The van der Waals surface area contributed by atoms with Gasteiger partial charge in [0.15, 0.2) is 0 Å². The molecule has 0 amide bonds. The Morgan fingerprint density at radius 3 is 2.44 bits per heavy atom. The lowest BCUT2D eigenvalue weighted by Crippen LogP contribution is -2.66. The molecule has 1 saturated carbocycles. The maximum atomic E-state index is 6.14. The maximum absolute atomic E-state index is 6.14. The van der Waals surface area contributed by atoms with E-state index in [9.17, 15) is 0 Å². The summed E-state index contributed by atoms with van der Waals surface area (Å²) in [7, 11) is 2.20. The third-order valence-electron chi connectivity index (χ3n) is 5.00. The van der Waals surface area contributed by atoms with Crippen LogP contribution in [0.1, 0.15) is 33.1 Å². The summed E-state index contributed by atoms with van der Waals surface area (Å²) in [6, 6.07) is 0. The van der Waals surface area contributed by atoms with Crippen LogP contribution in [-0.2, 0) is 0 Å². The maximum Gasteiger partial charge on any atom is 0.0476 e. The summed E-state index contributed by atoms with van der Waals surface area (Å²) in [5.41, 5.74) is 10.1. The average molecular weight is 254 g/mol. The van der Waals surface area contributed by atoms with Crippen LogP contribution in [0.25, 0.3) is 0 Å². The Morgan fingerprint density at radius 1 is 1.17 bits per heavy atom. The first kappa shape index (κ1) is 14.3. The zero-order chi connectivity index (χ0) is 13.2. The van der Waals surface area contributed by atoms with Gasteiger partial charge in [-0.3, -0.25) is 0 Å². The highest BCUT2D eigenvalue weighted by atomic mass is 15.5.